The predicted molar refractivity (Wildman–Crippen MR) is 127 cm³/mol. The third kappa shape index (κ3) is 6.95. The third-order valence-corrected chi connectivity index (χ3v) is 7.69. The van der Waals surface area contributed by atoms with E-state index < -0.39 is 15.9 Å². The van der Waals surface area contributed by atoms with Crippen molar-refractivity contribution in [2.45, 2.75) is 52.3 Å². The van der Waals surface area contributed by atoms with Gasteiger partial charge in [-0.15, -0.1) is 0 Å². The van der Waals surface area contributed by atoms with E-state index in [0.29, 0.717) is 26.1 Å². The van der Waals surface area contributed by atoms with E-state index in [1.54, 1.807) is 0 Å². The number of nitrogens with zero attached hydrogens (tertiary/aromatic N) is 1. The highest BCUT2D eigenvalue weighted by atomic mass is 32.2. The van der Waals surface area contributed by atoms with Gasteiger partial charge < -0.3 is 14.6 Å². The minimum atomic E-state index is -3.03. The molecular formula is C25H35NO5S. The lowest BCUT2D eigenvalue weighted by molar-refractivity contribution is 0.0522. The van der Waals surface area contributed by atoms with Gasteiger partial charge in [0.25, 0.3) is 0 Å². The lowest BCUT2D eigenvalue weighted by Gasteiger charge is -2.30. The molecule has 1 N–H and O–H groups in total. The monoisotopic (exact) mass is 461 g/mol. The van der Waals surface area contributed by atoms with Crippen LogP contribution >= 0.6 is 0 Å². The number of aliphatic hydroxyl groups excluding tert-OH is 1. The second-order valence-electron chi connectivity index (χ2n) is 8.64. The molecule has 3 rings (SSSR count). The van der Waals surface area contributed by atoms with Crippen LogP contribution in [0.4, 0.5) is 0 Å². The van der Waals surface area contributed by atoms with Crippen molar-refractivity contribution < 1.29 is 23.0 Å². The van der Waals surface area contributed by atoms with E-state index in [9.17, 15) is 13.5 Å². The highest BCUT2D eigenvalue weighted by molar-refractivity contribution is 7.91. The van der Waals surface area contributed by atoms with Crippen LogP contribution in [0.3, 0.4) is 0 Å². The van der Waals surface area contributed by atoms with Crippen molar-refractivity contribution in [3.05, 3.63) is 59.2 Å². The topological polar surface area (TPSA) is 76.1 Å². The van der Waals surface area contributed by atoms with Gasteiger partial charge in [0, 0.05) is 19.1 Å². The van der Waals surface area contributed by atoms with Crippen molar-refractivity contribution in [1.29, 1.82) is 0 Å². The summed E-state index contributed by atoms with van der Waals surface area (Å²) in [5.74, 6) is 1.93. The Labute approximate surface area is 192 Å². The van der Waals surface area contributed by atoms with Gasteiger partial charge >= 0.3 is 0 Å². The van der Waals surface area contributed by atoms with E-state index >= 15 is 0 Å². The molecule has 1 aliphatic heterocycles. The summed E-state index contributed by atoms with van der Waals surface area (Å²) in [4.78, 5) is 2.07. The molecule has 2 aromatic carbocycles. The molecule has 0 amide bonds. The predicted octanol–water partition coefficient (Wildman–Crippen LogP) is 3.52. The Morgan fingerprint density at radius 3 is 2.53 bits per heavy atom. The van der Waals surface area contributed by atoms with Gasteiger partial charge in [-0.2, -0.15) is 0 Å². The maximum absolute atomic E-state index is 12.1. The largest absolute Gasteiger partial charge is 0.494 e. The summed E-state index contributed by atoms with van der Waals surface area (Å²) in [5.41, 5.74) is 3.26. The average molecular weight is 462 g/mol. The van der Waals surface area contributed by atoms with E-state index in [2.05, 4.69) is 11.8 Å². The number of aliphatic hydroxyl groups is 1. The number of hydrogen-bond donors (Lipinski definition) is 1. The zero-order valence-corrected chi connectivity index (χ0v) is 20.1. The molecule has 1 heterocycles. The van der Waals surface area contributed by atoms with Crippen molar-refractivity contribution in [2.75, 3.05) is 31.3 Å². The maximum atomic E-state index is 12.1. The molecule has 6 nitrogen and oxygen atoms in total. The first kappa shape index (κ1) is 24.6. The number of aryl methyl sites for hydroxylation is 1. The van der Waals surface area contributed by atoms with Crippen LogP contribution in [-0.2, 0) is 16.4 Å². The standard InChI is InChI=1S/C25H35NO5S/c1-4-13-30-24-10-8-21(9-11-24)15-26(22-12-14-32(28,29)18-22)16-23(27)17-31-25-7-5-6-19(2)20(25)3/h5-11,22-23,27H,4,12-18H2,1-3H3. The number of sulfone groups is 1. The van der Waals surface area contributed by atoms with Gasteiger partial charge in [0.1, 0.15) is 24.2 Å². The fourth-order valence-electron chi connectivity index (χ4n) is 3.94. The molecule has 0 saturated carbocycles. The first-order valence-corrected chi connectivity index (χ1v) is 13.1. The molecule has 0 aliphatic carbocycles. The Kier molecular flexibility index (Phi) is 8.57. The molecule has 1 saturated heterocycles. The van der Waals surface area contributed by atoms with Gasteiger partial charge in [0.15, 0.2) is 9.84 Å². The Hall–Kier alpha value is -2.09. The normalized spacial score (nSPS) is 18.6. The number of rotatable bonds is 11. The van der Waals surface area contributed by atoms with Crippen molar-refractivity contribution in [3.8, 4) is 11.5 Å². The second kappa shape index (κ2) is 11.2. The van der Waals surface area contributed by atoms with Crippen LogP contribution in [0.25, 0.3) is 0 Å². The van der Waals surface area contributed by atoms with E-state index in [4.69, 9.17) is 9.47 Å². The molecule has 0 aromatic heterocycles. The van der Waals surface area contributed by atoms with Crippen LogP contribution < -0.4 is 9.47 Å². The van der Waals surface area contributed by atoms with E-state index in [1.807, 2.05) is 56.3 Å². The molecule has 0 radical (unpaired) electrons. The van der Waals surface area contributed by atoms with Crippen LogP contribution in [0.15, 0.2) is 42.5 Å². The van der Waals surface area contributed by atoms with Gasteiger partial charge in [0.05, 0.1) is 18.1 Å². The lowest BCUT2D eigenvalue weighted by atomic mass is 10.1. The zero-order valence-electron chi connectivity index (χ0n) is 19.3. The smallest absolute Gasteiger partial charge is 0.151 e. The average Bonchev–Trinajstić information content (AvgIpc) is 3.13. The summed E-state index contributed by atoms with van der Waals surface area (Å²) in [5, 5.41) is 10.7. The Balaban J connectivity index is 1.65. The minimum absolute atomic E-state index is 0.105. The molecule has 32 heavy (non-hydrogen) atoms. The molecule has 2 unspecified atom stereocenters. The quantitative estimate of drug-likeness (QED) is 0.552. The molecule has 0 bridgehead atoms. The number of ether oxygens (including phenoxy) is 2. The Morgan fingerprint density at radius 1 is 1.12 bits per heavy atom. The molecule has 176 valence electrons. The maximum Gasteiger partial charge on any atom is 0.151 e. The summed E-state index contributed by atoms with van der Waals surface area (Å²) >= 11 is 0. The molecule has 1 aliphatic rings. The van der Waals surface area contributed by atoms with Gasteiger partial charge in [0.2, 0.25) is 0 Å². The molecule has 7 heteroatoms. The summed E-state index contributed by atoms with van der Waals surface area (Å²) in [7, 11) is -3.03. The van der Waals surface area contributed by atoms with Crippen LogP contribution in [0.1, 0.15) is 36.5 Å². The van der Waals surface area contributed by atoms with Crippen molar-refractivity contribution >= 4 is 9.84 Å². The summed E-state index contributed by atoms with van der Waals surface area (Å²) in [6, 6.07) is 13.6. The molecule has 2 aromatic rings. The van der Waals surface area contributed by atoms with Crippen LogP contribution in [-0.4, -0.2) is 61.8 Å². The van der Waals surface area contributed by atoms with Crippen molar-refractivity contribution in [1.82, 2.24) is 4.90 Å². The Bertz CT molecular complexity index is 974. The van der Waals surface area contributed by atoms with Crippen LogP contribution in [0.5, 0.6) is 11.5 Å². The van der Waals surface area contributed by atoms with Gasteiger partial charge in [-0.25, -0.2) is 8.42 Å². The van der Waals surface area contributed by atoms with Crippen LogP contribution in [0.2, 0.25) is 0 Å². The van der Waals surface area contributed by atoms with Gasteiger partial charge in [-0.3, -0.25) is 4.90 Å². The fourth-order valence-corrected chi connectivity index (χ4v) is 5.70. The minimum Gasteiger partial charge on any atom is -0.494 e. The second-order valence-corrected chi connectivity index (χ2v) is 10.9. The number of hydrogen-bond acceptors (Lipinski definition) is 6. The van der Waals surface area contributed by atoms with Gasteiger partial charge in [-0.05, 0) is 61.6 Å². The molecule has 0 spiro atoms. The summed E-state index contributed by atoms with van der Waals surface area (Å²) in [6.45, 7) is 7.84. The highest BCUT2D eigenvalue weighted by Gasteiger charge is 2.33. The Morgan fingerprint density at radius 2 is 1.88 bits per heavy atom. The number of benzene rings is 2. The first-order valence-electron chi connectivity index (χ1n) is 11.3. The molecule has 1 fully saturated rings. The van der Waals surface area contributed by atoms with Crippen molar-refractivity contribution in [3.63, 3.8) is 0 Å². The summed E-state index contributed by atoms with van der Waals surface area (Å²) in [6.07, 6.45) is 0.809. The first-order chi connectivity index (χ1) is 15.3. The lowest BCUT2D eigenvalue weighted by Crippen LogP contribution is -2.42. The van der Waals surface area contributed by atoms with E-state index in [1.165, 1.54) is 0 Å². The highest BCUT2D eigenvalue weighted by Crippen LogP contribution is 2.23. The third-order valence-electron chi connectivity index (χ3n) is 5.94. The zero-order chi connectivity index (χ0) is 23.1. The summed E-state index contributed by atoms with van der Waals surface area (Å²) < 4.78 is 35.7. The fraction of sp³-hybridized carbons (Fsp3) is 0.520. The molecule has 2 atom stereocenters. The SMILES string of the molecule is CCCOc1ccc(CN(CC(O)COc2cccc(C)c2C)C2CCS(=O)(=O)C2)cc1. The molecular weight excluding hydrogens is 426 g/mol. The van der Waals surface area contributed by atoms with Gasteiger partial charge in [-0.1, -0.05) is 31.2 Å². The van der Waals surface area contributed by atoms with E-state index in [0.717, 1.165) is 34.6 Å². The van der Waals surface area contributed by atoms with Crippen LogP contribution in [0, 0.1) is 13.8 Å². The van der Waals surface area contributed by atoms with E-state index in [-0.39, 0.29) is 24.2 Å². The van der Waals surface area contributed by atoms with Crippen molar-refractivity contribution in [2.24, 2.45) is 0 Å².